The van der Waals surface area contributed by atoms with Crippen LogP contribution >= 0.6 is 11.3 Å². The third-order valence-electron chi connectivity index (χ3n) is 3.78. The molecule has 0 saturated carbocycles. The van der Waals surface area contributed by atoms with Crippen LogP contribution in [0.3, 0.4) is 0 Å². The number of likely N-dealkylation sites (tertiary alicyclic amines) is 1. The van der Waals surface area contributed by atoms with Crippen LogP contribution in [0.4, 0.5) is 0 Å². The molecule has 0 bridgehead atoms. The van der Waals surface area contributed by atoms with Gasteiger partial charge in [0.2, 0.25) is 11.8 Å². The van der Waals surface area contributed by atoms with Gasteiger partial charge in [-0.25, -0.2) is 0 Å². The molecule has 1 aliphatic rings. The highest BCUT2D eigenvalue weighted by atomic mass is 32.1. The number of thiophene rings is 1. The maximum atomic E-state index is 12.5. The molecule has 1 atom stereocenters. The maximum Gasteiger partial charge on any atom is 0.242 e. The van der Waals surface area contributed by atoms with E-state index in [9.17, 15) is 9.59 Å². The minimum Gasteiger partial charge on any atom is -0.383 e. The van der Waals surface area contributed by atoms with E-state index in [1.54, 1.807) is 28.2 Å². The fourth-order valence-corrected chi connectivity index (χ4v) is 3.17. The summed E-state index contributed by atoms with van der Waals surface area (Å²) in [6.07, 6.45) is 1.40. The molecule has 2 amide bonds. The molecule has 1 saturated heterocycles. The Kier molecular flexibility index (Phi) is 5.76. The van der Waals surface area contributed by atoms with Crippen LogP contribution in [0, 0.1) is 0 Å². The van der Waals surface area contributed by atoms with Crippen LogP contribution in [0.15, 0.2) is 17.5 Å². The Morgan fingerprint density at radius 1 is 1.57 bits per heavy atom. The third-order valence-corrected chi connectivity index (χ3v) is 4.64. The van der Waals surface area contributed by atoms with Gasteiger partial charge in [-0.2, -0.15) is 0 Å². The summed E-state index contributed by atoms with van der Waals surface area (Å²) in [6, 6.07) is 4.15. The van der Waals surface area contributed by atoms with Crippen molar-refractivity contribution in [3.05, 3.63) is 22.4 Å². The van der Waals surface area contributed by atoms with E-state index in [1.807, 2.05) is 24.4 Å². The van der Waals surface area contributed by atoms with Crippen LogP contribution in [0.2, 0.25) is 0 Å². The van der Waals surface area contributed by atoms with E-state index in [4.69, 9.17) is 4.74 Å². The second kappa shape index (κ2) is 7.56. The van der Waals surface area contributed by atoms with Gasteiger partial charge in [-0.15, -0.1) is 11.3 Å². The summed E-state index contributed by atoms with van der Waals surface area (Å²) in [7, 11) is 1.62. The summed E-state index contributed by atoms with van der Waals surface area (Å²) in [5.41, 5.74) is 0. The molecule has 0 aromatic carbocycles. The lowest BCUT2D eigenvalue weighted by Gasteiger charge is -2.27. The molecule has 6 heteroatoms. The summed E-state index contributed by atoms with van der Waals surface area (Å²) < 4.78 is 5.08. The molecule has 1 aromatic heterocycles. The molecule has 1 aromatic rings. The smallest absolute Gasteiger partial charge is 0.242 e. The van der Waals surface area contributed by atoms with Crippen molar-refractivity contribution in [1.82, 2.24) is 9.80 Å². The van der Waals surface area contributed by atoms with Crippen molar-refractivity contribution in [1.29, 1.82) is 0 Å². The van der Waals surface area contributed by atoms with E-state index < -0.39 is 0 Å². The Morgan fingerprint density at radius 2 is 2.38 bits per heavy atom. The SMILES string of the molecule is COCCN(Cc1cccs1)C(=O)CN1C(=O)CCC1C. The zero-order valence-corrected chi connectivity index (χ0v) is 13.4. The van der Waals surface area contributed by atoms with Crippen LogP contribution < -0.4 is 0 Å². The van der Waals surface area contributed by atoms with Gasteiger partial charge >= 0.3 is 0 Å². The molecular weight excluding hydrogens is 288 g/mol. The first-order valence-corrected chi connectivity index (χ1v) is 8.08. The highest BCUT2D eigenvalue weighted by Crippen LogP contribution is 2.18. The van der Waals surface area contributed by atoms with Gasteiger partial charge < -0.3 is 14.5 Å². The number of ether oxygens (including phenoxy) is 1. The predicted molar refractivity (Wildman–Crippen MR) is 82.0 cm³/mol. The lowest BCUT2D eigenvalue weighted by Crippen LogP contribution is -2.43. The van der Waals surface area contributed by atoms with Gasteiger partial charge in [0.1, 0.15) is 6.54 Å². The highest BCUT2D eigenvalue weighted by molar-refractivity contribution is 7.09. The fourth-order valence-electron chi connectivity index (χ4n) is 2.45. The summed E-state index contributed by atoms with van der Waals surface area (Å²) >= 11 is 1.63. The summed E-state index contributed by atoms with van der Waals surface area (Å²) in [5.74, 6) is 0.0706. The molecule has 0 N–H and O–H groups in total. The van der Waals surface area contributed by atoms with Gasteiger partial charge in [0.05, 0.1) is 13.2 Å². The Morgan fingerprint density at radius 3 is 2.95 bits per heavy atom. The van der Waals surface area contributed by atoms with E-state index in [-0.39, 0.29) is 24.4 Å². The zero-order valence-electron chi connectivity index (χ0n) is 12.6. The van der Waals surface area contributed by atoms with E-state index in [0.717, 1.165) is 11.3 Å². The van der Waals surface area contributed by atoms with Gasteiger partial charge in [-0.3, -0.25) is 9.59 Å². The van der Waals surface area contributed by atoms with Crippen molar-refractivity contribution in [2.75, 3.05) is 26.8 Å². The molecule has 1 aliphatic heterocycles. The summed E-state index contributed by atoms with van der Waals surface area (Å²) in [6.45, 7) is 3.80. The Hall–Kier alpha value is -1.40. The van der Waals surface area contributed by atoms with Gasteiger partial charge in [0, 0.05) is 31.0 Å². The quantitative estimate of drug-likeness (QED) is 0.771. The average Bonchev–Trinajstić information content (AvgIpc) is 3.08. The second-order valence-electron chi connectivity index (χ2n) is 5.30. The molecule has 21 heavy (non-hydrogen) atoms. The standard InChI is InChI=1S/C15H22N2O3S/c1-12-5-6-14(18)17(12)11-15(19)16(7-8-20-2)10-13-4-3-9-21-13/h3-4,9,12H,5-8,10-11H2,1-2H3. The Balaban J connectivity index is 1.98. The molecule has 1 unspecified atom stereocenters. The molecule has 0 aliphatic carbocycles. The first-order valence-electron chi connectivity index (χ1n) is 7.20. The van der Waals surface area contributed by atoms with Crippen molar-refractivity contribution in [3.63, 3.8) is 0 Å². The van der Waals surface area contributed by atoms with E-state index in [2.05, 4.69) is 0 Å². The topological polar surface area (TPSA) is 49.9 Å². The zero-order chi connectivity index (χ0) is 15.2. The van der Waals surface area contributed by atoms with Gasteiger partial charge in [-0.05, 0) is 24.8 Å². The second-order valence-corrected chi connectivity index (χ2v) is 6.33. The fraction of sp³-hybridized carbons (Fsp3) is 0.600. The number of carbonyl (C=O) groups excluding carboxylic acids is 2. The first kappa shape index (κ1) is 16.0. The largest absolute Gasteiger partial charge is 0.383 e. The van der Waals surface area contributed by atoms with Crippen LogP contribution in [0.25, 0.3) is 0 Å². The van der Waals surface area contributed by atoms with Crippen LogP contribution in [-0.4, -0.2) is 54.5 Å². The predicted octanol–water partition coefficient (Wildman–Crippen LogP) is 1.73. The first-order chi connectivity index (χ1) is 10.1. The monoisotopic (exact) mass is 310 g/mol. The van der Waals surface area contributed by atoms with E-state index in [1.165, 1.54) is 0 Å². The molecule has 2 heterocycles. The van der Waals surface area contributed by atoms with Crippen molar-refractivity contribution in [3.8, 4) is 0 Å². The number of amides is 2. The van der Waals surface area contributed by atoms with Crippen LogP contribution in [-0.2, 0) is 20.9 Å². The van der Waals surface area contributed by atoms with Crippen molar-refractivity contribution in [2.24, 2.45) is 0 Å². The number of hydrogen-bond donors (Lipinski definition) is 0. The lowest BCUT2D eigenvalue weighted by atomic mass is 10.2. The summed E-state index contributed by atoms with van der Waals surface area (Å²) in [4.78, 5) is 28.9. The van der Waals surface area contributed by atoms with Crippen LogP contribution in [0.5, 0.6) is 0 Å². The number of rotatable bonds is 7. The molecular formula is C15H22N2O3S. The van der Waals surface area contributed by atoms with Gasteiger partial charge in [0.15, 0.2) is 0 Å². The van der Waals surface area contributed by atoms with Crippen molar-refractivity contribution < 1.29 is 14.3 Å². The number of hydrogen-bond acceptors (Lipinski definition) is 4. The molecule has 2 rings (SSSR count). The highest BCUT2D eigenvalue weighted by Gasteiger charge is 2.30. The minimum absolute atomic E-state index is 0.0115. The van der Waals surface area contributed by atoms with Gasteiger partial charge in [0.25, 0.3) is 0 Å². The molecule has 0 spiro atoms. The minimum atomic E-state index is -0.0115. The molecule has 0 radical (unpaired) electrons. The van der Waals surface area contributed by atoms with Crippen molar-refractivity contribution >= 4 is 23.2 Å². The summed E-state index contributed by atoms with van der Waals surface area (Å²) in [5, 5.41) is 2.00. The molecule has 5 nitrogen and oxygen atoms in total. The average molecular weight is 310 g/mol. The Labute approximate surface area is 129 Å². The number of methoxy groups -OCH3 is 1. The number of nitrogens with zero attached hydrogens (tertiary/aromatic N) is 2. The molecule has 116 valence electrons. The molecule has 1 fully saturated rings. The van der Waals surface area contributed by atoms with Gasteiger partial charge in [-0.1, -0.05) is 6.07 Å². The lowest BCUT2D eigenvalue weighted by molar-refractivity contribution is -0.140. The normalized spacial score (nSPS) is 18.3. The van der Waals surface area contributed by atoms with Crippen molar-refractivity contribution in [2.45, 2.75) is 32.4 Å². The Bertz CT molecular complexity index is 475. The van der Waals surface area contributed by atoms with E-state index >= 15 is 0 Å². The number of carbonyl (C=O) groups is 2. The third kappa shape index (κ3) is 4.28. The maximum absolute atomic E-state index is 12.5. The van der Waals surface area contributed by atoms with E-state index in [0.29, 0.717) is 26.1 Å². The van der Waals surface area contributed by atoms with Crippen LogP contribution in [0.1, 0.15) is 24.6 Å².